The second kappa shape index (κ2) is 6.28. The Morgan fingerprint density at radius 2 is 2.20 bits per heavy atom. The zero-order valence-corrected chi connectivity index (χ0v) is 11.6. The number of ether oxygens (including phenoxy) is 1. The third-order valence-corrected chi connectivity index (χ3v) is 3.09. The number of carbonyl (C=O) groups excluding carboxylic acids is 1. The van der Waals surface area contributed by atoms with Gasteiger partial charge in [-0.15, -0.1) is 0 Å². The first-order valence-electron chi connectivity index (χ1n) is 4.70. The molecule has 0 N–H and O–H groups in total. The van der Waals surface area contributed by atoms with E-state index in [0.717, 1.165) is 21.8 Å². The van der Waals surface area contributed by atoms with Crippen LogP contribution in [0.1, 0.15) is 22.8 Å². The first-order valence-corrected chi connectivity index (χ1v) is 6.62. The quantitative estimate of drug-likeness (QED) is 0.621. The molecule has 82 valence electrons. The van der Waals surface area contributed by atoms with Crippen molar-refractivity contribution >= 4 is 37.8 Å². The summed E-state index contributed by atoms with van der Waals surface area (Å²) in [6.07, 6.45) is 0.883. The Morgan fingerprint density at radius 1 is 1.47 bits per heavy atom. The topological polar surface area (TPSA) is 26.3 Å². The van der Waals surface area contributed by atoms with E-state index in [-0.39, 0.29) is 5.97 Å². The minimum atomic E-state index is -0.263. The van der Waals surface area contributed by atoms with Crippen LogP contribution in [-0.2, 0) is 11.2 Å². The van der Waals surface area contributed by atoms with Crippen molar-refractivity contribution in [2.75, 3.05) is 11.9 Å². The van der Waals surface area contributed by atoms with E-state index in [1.807, 2.05) is 12.1 Å². The van der Waals surface area contributed by atoms with Crippen molar-refractivity contribution in [2.45, 2.75) is 13.3 Å². The molecule has 0 fully saturated rings. The molecule has 0 spiro atoms. The smallest absolute Gasteiger partial charge is 0.338 e. The summed E-state index contributed by atoms with van der Waals surface area (Å²) in [6.45, 7) is 2.21. The SMILES string of the molecule is CCOC(=O)c1ccc(Br)c(CCBr)c1. The van der Waals surface area contributed by atoms with E-state index in [2.05, 4.69) is 31.9 Å². The predicted molar refractivity (Wildman–Crippen MR) is 67.6 cm³/mol. The molecular formula is C11H12Br2O2. The molecule has 0 unspecified atom stereocenters. The van der Waals surface area contributed by atoms with Gasteiger partial charge in [0.05, 0.1) is 12.2 Å². The minimum Gasteiger partial charge on any atom is -0.462 e. The van der Waals surface area contributed by atoms with Crippen molar-refractivity contribution in [3.63, 3.8) is 0 Å². The predicted octanol–water partition coefficient (Wildman–Crippen LogP) is 3.56. The molecule has 0 heterocycles. The Labute approximate surface area is 106 Å². The lowest BCUT2D eigenvalue weighted by Crippen LogP contribution is -2.05. The third-order valence-electron chi connectivity index (χ3n) is 1.92. The van der Waals surface area contributed by atoms with E-state index >= 15 is 0 Å². The number of carbonyl (C=O) groups is 1. The molecular weight excluding hydrogens is 324 g/mol. The Balaban J connectivity index is 2.91. The molecule has 0 aliphatic rings. The highest BCUT2D eigenvalue weighted by molar-refractivity contribution is 9.10. The van der Waals surface area contributed by atoms with Crippen molar-refractivity contribution < 1.29 is 9.53 Å². The summed E-state index contributed by atoms with van der Waals surface area (Å²) in [6, 6.07) is 5.51. The monoisotopic (exact) mass is 334 g/mol. The van der Waals surface area contributed by atoms with Crippen LogP contribution in [0, 0.1) is 0 Å². The second-order valence-electron chi connectivity index (χ2n) is 2.97. The number of hydrogen-bond acceptors (Lipinski definition) is 2. The number of halogens is 2. The molecule has 1 aromatic rings. The molecule has 0 aromatic heterocycles. The van der Waals surface area contributed by atoms with Gasteiger partial charge < -0.3 is 4.74 Å². The average molecular weight is 336 g/mol. The number of benzene rings is 1. The maximum Gasteiger partial charge on any atom is 0.338 e. The first-order chi connectivity index (χ1) is 7.19. The number of alkyl halides is 1. The third kappa shape index (κ3) is 3.61. The molecule has 0 aliphatic carbocycles. The number of aryl methyl sites for hydroxylation is 1. The fraction of sp³-hybridized carbons (Fsp3) is 0.364. The maximum atomic E-state index is 11.5. The van der Waals surface area contributed by atoms with E-state index < -0.39 is 0 Å². The van der Waals surface area contributed by atoms with E-state index in [1.165, 1.54) is 0 Å². The fourth-order valence-electron chi connectivity index (χ4n) is 1.21. The van der Waals surface area contributed by atoms with Gasteiger partial charge in [0, 0.05) is 9.80 Å². The van der Waals surface area contributed by atoms with Gasteiger partial charge in [0.1, 0.15) is 0 Å². The van der Waals surface area contributed by atoms with Crippen LogP contribution >= 0.6 is 31.9 Å². The summed E-state index contributed by atoms with van der Waals surface area (Å²) < 4.78 is 5.96. The molecule has 0 saturated carbocycles. The summed E-state index contributed by atoms with van der Waals surface area (Å²) in [4.78, 5) is 11.5. The van der Waals surface area contributed by atoms with Gasteiger partial charge in [-0.05, 0) is 37.1 Å². The van der Waals surface area contributed by atoms with Crippen LogP contribution < -0.4 is 0 Å². The lowest BCUT2D eigenvalue weighted by Gasteiger charge is -2.06. The van der Waals surface area contributed by atoms with Crippen LogP contribution in [0.3, 0.4) is 0 Å². The zero-order valence-electron chi connectivity index (χ0n) is 8.43. The highest BCUT2D eigenvalue weighted by Gasteiger charge is 2.08. The van der Waals surface area contributed by atoms with E-state index in [0.29, 0.717) is 12.2 Å². The largest absolute Gasteiger partial charge is 0.462 e. The number of esters is 1. The Morgan fingerprint density at radius 3 is 2.80 bits per heavy atom. The summed E-state index contributed by atoms with van der Waals surface area (Å²) in [5.41, 5.74) is 1.72. The summed E-state index contributed by atoms with van der Waals surface area (Å²) in [5.74, 6) is -0.263. The van der Waals surface area contributed by atoms with E-state index in [1.54, 1.807) is 13.0 Å². The van der Waals surface area contributed by atoms with Gasteiger partial charge in [0.15, 0.2) is 0 Å². The van der Waals surface area contributed by atoms with Crippen LogP contribution in [-0.4, -0.2) is 17.9 Å². The molecule has 0 amide bonds. The fourth-order valence-corrected chi connectivity index (χ4v) is 2.08. The van der Waals surface area contributed by atoms with Gasteiger partial charge in [0.2, 0.25) is 0 Å². The number of hydrogen-bond donors (Lipinski definition) is 0. The maximum absolute atomic E-state index is 11.5. The van der Waals surface area contributed by atoms with Crippen molar-refractivity contribution in [1.82, 2.24) is 0 Å². The van der Waals surface area contributed by atoms with Crippen LogP contribution in [0.5, 0.6) is 0 Å². The lowest BCUT2D eigenvalue weighted by atomic mass is 10.1. The molecule has 1 aromatic carbocycles. The normalized spacial score (nSPS) is 10.1. The molecule has 0 bridgehead atoms. The molecule has 4 heteroatoms. The first kappa shape index (κ1) is 12.7. The highest BCUT2D eigenvalue weighted by Crippen LogP contribution is 2.20. The van der Waals surface area contributed by atoms with Crippen LogP contribution in [0.4, 0.5) is 0 Å². The van der Waals surface area contributed by atoms with Crippen molar-refractivity contribution in [2.24, 2.45) is 0 Å². The average Bonchev–Trinajstić information content (AvgIpc) is 2.22. The van der Waals surface area contributed by atoms with Gasteiger partial charge in [-0.3, -0.25) is 0 Å². The van der Waals surface area contributed by atoms with Gasteiger partial charge >= 0.3 is 5.97 Å². The molecule has 0 atom stereocenters. The van der Waals surface area contributed by atoms with Crippen molar-refractivity contribution in [3.8, 4) is 0 Å². The highest BCUT2D eigenvalue weighted by atomic mass is 79.9. The lowest BCUT2D eigenvalue weighted by molar-refractivity contribution is 0.0526. The molecule has 0 saturated heterocycles. The molecule has 15 heavy (non-hydrogen) atoms. The summed E-state index contributed by atoms with van der Waals surface area (Å²) in [7, 11) is 0. The summed E-state index contributed by atoms with van der Waals surface area (Å²) in [5, 5.41) is 0.873. The number of rotatable bonds is 4. The minimum absolute atomic E-state index is 0.263. The van der Waals surface area contributed by atoms with Gasteiger partial charge in [-0.2, -0.15) is 0 Å². The van der Waals surface area contributed by atoms with Crippen LogP contribution in [0.25, 0.3) is 0 Å². The van der Waals surface area contributed by atoms with E-state index in [4.69, 9.17) is 4.74 Å². The Kier molecular flexibility index (Phi) is 5.32. The van der Waals surface area contributed by atoms with Crippen molar-refractivity contribution in [3.05, 3.63) is 33.8 Å². The molecule has 0 aliphatic heterocycles. The molecule has 0 radical (unpaired) electrons. The summed E-state index contributed by atoms with van der Waals surface area (Å²) >= 11 is 6.82. The standard InChI is InChI=1S/C11H12Br2O2/c1-2-15-11(14)9-3-4-10(13)8(7-9)5-6-12/h3-4,7H,2,5-6H2,1H3. The van der Waals surface area contributed by atoms with E-state index in [9.17, 15) is 4.79 Å². The van der Waals surface area contributed by atoms with Gasteiger partial charge in [-0.1, -0.05) is 31.9 Å². The van der Waals surface area contributed by atoms with Crippen LogP contribution in [0.2, 0.25) is 0 Å². The van der Waals surface area contributed by atoms with Crippen LogP contribution in [0.15, 0.2) is 22.7 Å². The Hall–Kier alpha value is -0.350. The zero-order chi connectivity index (χ0) is 11.3. The second-order valence-corrected chi connectivity index (χ2v) is 4.61. The Bertz CT molecular complexity index is 350. The van der Waals surface area contributed by atoms with Gasteiger partial charge in [0.25, 0.3) is 0 Å². The molecule has 1 rings (SSSR count). The van der Waals surface area contributed by atoms with Gasteiger partial charge in [-0.25, -0.2) is 4.79 Å². The van der Waals surface area contributed by atoms with Crippen molar-refractivity contribution in [1.29, 1.82) is 0 Å². The molecule has 2 nitrogen and oxygen atoms in total.